The summed E-state index contributed by atoms with van der Waals surface area (Å²) in [5, 5.41) is 27.7. The van der Waals surface area contributed by atoms with Crippen LogP contribution in [0.1, 0.15) is 38.9 Å². The van der Waals surface area contributed by atoms with Gasteiger partial charge in [0.15, 0.2) is 18.6 Å². The van der Waals surface area contributed by atoms with E-state index in [0.29, 0.717) is 0 Å². The van der Waals surface area contributed by atoms with Gasteiger partial charge in [0.2, 0.25) is 28.5 Å². The first-order valence-electron chi connectivity index (χ1n) is 46.3. The molecule has 0 fully saturated rings. The molecule has 0 saturated heterocycles. The smallest absolute Gasteiger partial charge is 0.381 e. The number of aryl methyl sites for hydroxylation is 15. The first kappa shape index (κ1) is 83.4. The van der Waals surface area contributed by atoms with Gasteiger partial charge < -0.3 is 22.5 Å². The molecule has 10 nitrogen and oxygen atoms in total. The van der Waals surface area contributed by atoms with E-state index in [0.717, 1.165) is 55.5 Å². The van der Waals surface area contributed by atoms with E-state index in [9.17, 15) is 0 Å². The Morgan fingerprint density at radius 1 is 0.209 bits per heavy atom. The third kappa shape index (κ3) is 13.9. The lowest BCUT2D eigenvalue weighted by Gasteiger charge is -2.09. The fourth-order valence-electron chi connectivity index (χ4n) is 21.6. The van der Waals surface area contributed by atoms with Gasteiger partial charge in [-0.1, -0.05) is 266 Å². The molecule has 10 heterocycles. The quantitative estimate of drug-likeness (QED) is 0.127. The summed E-state index contributed by atoms with van der Waals surface area (Å²) in [4.78, 5) is 0. The first-order chi connectivity index (χ1) is 65.2. The number of hydrogen-bond donors (Lipinski definition) is 0. The maximum absolute atomic E-state index is 6.37. The summed E-state index contributed by atoms with van der Waals surface area (Å²) < 4.78 is 30.9. The van der Waals surface area contributed by atoms with Crippen molar-refractivity contribution in [3.63, 3.8) is 0 Å². The largest absolute Gasteiger partial charge is 0.404 e. The number of furan rings is 2. The number of pyridine rings is 5. The van der Waals surface area contributed by atoms with E-state index in [1.165, 1.54) is 214 Å². The van der Waals surface area contributed by atoms with Crippen molar-refractivity contribution < 1.29 is 31.7 Å². The molecule has 0 aliphatic heterocycles. The number of aromatic nitrogens is 8. The van der Waals surface area contributed by atoms with Gasteiger partial charge in [-0.3, -0.25) is 0 Å². The van der Waals surface area contributed by atoms with Gasteiger partial charge in [0, 0.05) is 127 Å². The molecule has 26 rings (SSSR count). The van der Waals surface area contributed by atoms with Crippen LogP contribution >= 0.6 is 0 Å². The highest BCUT2D eigenvalue weighted by Crippen LogP contribution is 2.44. The molecule has 0 amide bonds. The van der Waals surface area contributed by atoms with Crippen LogP contribution in [0.3, 0.4) is 0 Å². The normalized spacial score (nSPS) is 11.7. The number of benzene rings is 16. The zero-order valence-electron chi connectivity index (χ0n) is 78.5. The van der Waals surface area contributed by atoms with E-state index in [1.54, 1.807) is 0 Å². The summed E-state index contributed by atoms with van der Waals surface area (Å²) >= 11 is 0. The zero-order chi connectivity index (χ0) is 91.7. The third-order valence-corrected chi connectivity index (χ3v) is 28.3. The molecule has 0 unspecified atom stereocenters. The number of rotatable bonds is 5. The minimum atomic E-state index is 0.903. The molecule has 0 aliphatic carbocycles. The van der Waals surface area contributed by atoms with Crippen molar-refractivity contribution >= 4 is 174 Å². The van der Waals surface area contributed by atoms with Gasteiger partial charge in [0.25, 0.3) is 0 Å². The van der Waals surface area contributed by atoms with Crippen molar-refractivity contribution in [1.82, 2.24) is 13.7 Å². The van der Waals surface area contributed by atoms with E-state index in [1.807, 2.05) is 0 Å². The van der Waals surface area contributed by atoms with Crippen LogP contribution < -0.4 is 22.8 Å². The molecular weight excluding hydrogens is 1630 g/mol. The Morgan fingerprint density at radius 2 is 0.530 bits per heavy atom. The topological polar surface area (TPSA) is 60.5 Å². The van der Waals surface area contributed by atoms with Gasteiger partial charge in [-0.15, -0.1) is 0 Å². The second kappa shape index (κ2) is 33.3. The fourth-order valence-corrected chi connectivity index (χ4v) is 21.6. The molecule has 0 atom stereocenters. The maximum atomic E-state index is 6.37. The molecule has 0 radical (unpaired) electrons. The summed E-state index contributed by atoms with van der Waals surface area (Å²) in [5.74, 6) is 0. The van der Waals surface area contributed by atoms with Crippen LogP contribution in [0, 0.1) is 48.5 Å². The van der Waals surface area contributed by atoms with Gasteiger partial charge in [-0.25, -0.2) is 0 Å². The molecule has 10 heteroatoms. The van der Waals surface area contributed by atoms with Gasteiger partial charge >= 0.3 is 11.4 Å². The van der Waals surface area contributed by atoms with Crippen molar-refractivity contribution in [3.05, 3.63) is 403 Å². The Hall–Kier alpha value is -16.2. The van der Waals surface area contributed by atoms with Crippen LogP contribution in [0.15, 0.2) is 373 Å². The molecule has 0 spiro atoms. The van der Waals surface area contributed by atoms with Crippen LogP contribution in [0.2, 0.25) is 0 Å². The van der Waals surface area contributed by atoms with E-state index < -0.39 is 0 Å². The maximum Gasteiger partial charge on any atom is 0.381 e. The van der Waals surface area contributed by atoms with Gasteiger partial charge in [-0.05, 0) is 180 Å². The van der Waals surface area contributed by atoms with Crippen molar-refractivity contribution in [2.75, 3.05) is 0 Å². The summed E-state index contributed by atoms with van der Waals surface area (Å²) in [6, 6.07) is 124. The molecule has 0 N–H and O–H groups in total. The third-order valence-electron chi connectivity index (χ3n) is 28.3. The van der Waals surface area contributed by atoms with Crippen LogP contribution in [-0.2, 0) is 56.4 Å². The minimum absolute atomic E-state index is 0.903. The Balaban J connectivity index is 0.0000000975. The van der Waals surface area contributed by atoms with Gasteiger partial charge in [0.05, 0.1) is 44.0 Å². The average molecular weight is 1740 g/mol. The summed E-state index contributed by atoms with van der Waals surface area (Å²) in [7, 11) is 17.2. The summed E-state index contributed by atoms with van der Waals surface area (Å²) in [6.07, 6.45) is 6.55. The molecule has 0 bridgehead atoms. The minimum Gasteiger partial charge on any atom is -0.404 e. The Morgan fingerprint density at radius 3 is 1.00 bits per heavy atom. The summed E-state index contributed by atoms with van der Waals surface area (Å²) in [6.45, 7) is 15.2. The highest BCUT2D eigenvalue weighted by molar-refractivity contribution is 6.23. The average Bonchev–Trinajstić information content (AvgIpc) is 1.58. The molecule has 0 saturated carbocycles. The van der Waals surface area contributed by atoms with Gasteiger partial charge in [-0.2, -0.15) is 22.8 Å². The number of nitrogens with zero attached hydrogens (tertiary/aromatic N) is 8. The van der Waals surface area contributed by atoms with Crippen molar-refractivity contribution in [2.24, 2.45) is 56.4 Å². The molecule has 10 aromatic heterocycles. The number of hydrogen-bond acceptors (Lipinski definition) is 2. The first-order valence-corrected chi connectivity index (χ1v) is 46.3. The Kier molecular flexibility index (Phi) is 20.8. The highest BCUT2D eigenvalue weighted by Gasteiger charge is 2.30. The standard InChI is InChI=1S/C27H20NO.2C25H23N2.C24H21N2.C23H18NO/c1-17-7-3-5-9-20(17)25-14-13-22-24-16-23-19(15-26(24)29-27(22)28(25)2)12-11-18-8-4-6-10-21(18)23;1-16-9-11-19(17(2)15-16)24-25-22(13-14-26(24)3)21-12-10-18-7-5-6-8-20(18)23(21)27(25)4;1-16-9-11-20-18(15-16)10-12-21-22-13-14-26(3)24(25(22)27(4)23(20)21)19-8-6-5-7-17(19)2;1-16-8-4-6-10-18(16)23-24-21(14-15-25(23)2)20-13-12-17-9-5-7-11-19(17)22(20)26(24)3;1-15-7-3-5-9-17(15)21-14-13-20-19-12-11-16-8-4-6-10-18(16)22(19)25-23(20)24(21)2/h3-16H,1-2H3;2*5-15H,1-4H3;4-15H,1-3H3;3-14H,1-2H3/q5*+1. The second-order valence-electron chi connectivity index (χ2n) is 36.6. The lowest BCUT2D eigenvalue weighted by atomic mass is 10.00. The van der Waals surface area contributed by atoms with Crippen LogP contribution in [0.25, 0.3) is 230 Å². The van der Waals surface area contributed by atoms with E-state index in [4.69, 9.17) is 8.83 Å². The SMILES string of the molecule is Cc1ccc(-c2c3c(cc[n+]2C)c2ccc4ccccc4c2n3C)c(C)c1.Cc1ccc2c(ccc3c4cc[n+](C)c(-c5ccccc5C)c4n(C)c23)c1.Cc1ccccc1-c1c2c(cc[n+]1C)c1ccc3ccccc3c1n2C.Cc1ccccc1-c1ccc2c3cc4c(ccc5ccccc54)cc3oc2[n+]1C.Cc1ccccc1-c1ccc2c3ccc4ccccc4c3oc2[n+]1C. The number of fused-ring (bicyclic) bond motifs is 26. The molecule has 0 aliphatic rings. The van der Waals surface area contributed by atoms with Gasteiger partial charge in [0.1, 0.15) is 63.0 Å². The lowest BCUT2D eigenvalue weighted by Crippen LogP contribution is -2.31. The predicted molar refractivity (Wildman–Crippen MR) is 560 cm³/mol. The molecule has 648 valence electrons. The van der Waals surface area contributed by atoms with Crippen LogP contribution in [-0.4, -0.2) is 13.7 Å². The van der Waals surface area contributed by atoms with E-state index in [2.05, 4.69) is 506 Å². The molecular formula is C124H105N8O2+5. The van der Waals surface area contributed by atoms with Crippen LogP contribution in [0.5, 0.6) is 0 Å². The highest BCUT2D eigenvalue weighted by atomic mass is 16.3. The van der Waals surface area contributed by atoms with Crippen molar-refractivity contribution in [3.8, 4) is 56.3 Å². The van der Waals surface area contributed by atoms with Crippen molar-refractivity contribution in [2.45, 2.75) is 48.5 Å². The monoisotopic (exact) mass is 1740 g/mol. The van der Waals surface area contributed by atoms with E-state index in [-0.39, 0.29) is 0 Å². The molecule has 26 aromatic rings. The van der Waals surface area contributed by atoms with Crippen molar-refractivity contribution in [1.29, 1.82) is 0 Å². The Bertz CT molecular complexity index is 9350. The molecule has 134 heavy (non-hydrogen) atoms. The van der Waals surface area contributed by atoms with E-state index >= 15 is 0 Å². The Labute approximate surface area is 778 Å². The summed E-state index contributed by atoms with van der Waals surface area (Å²) in [5.41, 5.74) is 33.0. The fraction of sp³-hybridized carbons (Fsp3) is 0.121. The second-order valence-corrected chi connectivity index (χ2v) is 36.6. The molecule has 16 aromatic carbocycles. The predicted octanol–water partition coefficient (Wildman–Crippen LogP) is 28.7. The van der Waals surface area contributed by atoms with Crippen LogP contribution in [0.4, 0.5) is 0 Å². The zero-order valence-corrected chi connectivity index (χ0v) is 78.5. The lowest BCUT2D eigenvalue weighted by molar-refractivity contribution is -0.659.